The number of ether oxygens (including phenoxy) is 27. The van der Waals surface area contributed by atoms with Gasteiger partial charge in [-0.1, -0.05) is 0 Å². The van der Waals surface area contributed by atoms with Crippen LogP contribution in [-0.2, 0) is 128 Å². The van der Waals surface area contributed by atoms with Crippen LogP contribution in [0, 0.1) is 0 Å². The minimum absolute atomic E-state index is 0.0175. The molecule has 0 spiro atoms. The molecule has 0 saturated carbocycles. The summed E-state index contributed by atoms with van der Waals surface area (Å²) in [6.07, 6.45) is 0. The molecule has 28 heteroatoms. The van der Waals surface area contributed by atoms with Gasteiger partial charge in [-0.3, -0.25) is 0 Å². The van der Waals surface area contributed by atoms with Gasteiger partial charge in [-0.2, -0.15) is 0 Å². The van der Waals surface area contributed by atoms with Crippen molar-refractivity contribution in [2.24, 2.45) is 0 Å². The zero-order valence-electron chi connectivity index (χ0n) is 50.7. The predicted octanol–water partition coefficient (Wildman–Crippen LogP) is 0.0567. The van der Waals surface area contributed by atoms with E-state index < -0.39 is 0 Å². The molecule has 0 amide bonds. The van der Waals surface area contributed by atoms with Crippen molar-refractivity contribution in [2.45, 2.75) is 0 Å². The van der Waals surface area contributed by atoms with Gasteiger partial charge in [0.05, 0.1) is 357 Å². The zero-order valence-corrected chi connectivity index (χ0v) is 50.7. The zero-order chi connectivity index (χ0) is 59.3. The molecule has 1 N–H and O–H groups in total. The Kier molecular flexibility index (Phi) is 79.8. The molecule has 0 radical (unpaired) electrons. The Hall–Kier alpha value is -1.12. The molecule has 0 aromatic carbocycles. The van der Waals surface area contributed by atoms with Gasteiger partial charge < -0.3 is 133 Å². The van der Waals surface area contributed by atoms with Gasteiger partial charge in [-0.05, 0) is 0 Å². The fourth-order valence-corrected chi connectivity index (χ4v) is 5.81. The lowest BCUT2D eigenvalue weighted by Crippen LogP contribution is -2.16. The average Bonchev–Trinajstić information content (AvgIpc) is 3.49. The Morgan fingerprint density at radius 3 is 0.265 bits per heavy atom. The van der Waals surface area contributed by atoms with Gasteiger partial charge in [0.25, 0.3) is 0 Å². The van der Waals surface area contributed by atoms with Gasteiger partial charge in [-0.15, -0.1) is 0 Å². The Labute approximate surface area is 495 Å². The van der Waals surface area contributed by atoms with Gasteiger partial charge in [0, 0.05) is 7.11 Å². The summed E-state index contributed by atoms with van der Waals surface area (Å²) in [7, 11) is 1.64. The second-order valence-corrected chi connectivity index (χ2v) is 16.6. The topological polar surface area (TPSA) is 269 Å². The van der Waals surface area contributed by atoms with E-state index in [1.54, 1.807) is 7.11 Å². The summed E-state index contributed by atoms with van der Waals surface area (Å²) in [5.41, 5.74) is 0. The van der Waals surface area contributed by atoms with E-state index >= 15 is 0 Å². The first-order valence-electron chi connectivity index (χ1n) is 29.5. The van der Waals surface area contributed by atoms with Gasteiger partial charge in [0.1, 0.15) is 0 Å². The Bertz CT molecular complexity index is 1020. The van der Waals surface area contributed by atoms with Gasteiger partial charge >= 0.3 is 0 Å². The summed E-state index contributed by atoms with van der Waals surface area (Å²) in [6, 6.07) is 0. The molecule has 0 fully saturated rings. The first-order valence-corrected chi connectivity index (χ1v) is 29.5. The molecule has 0 atom stereocenters. The van der Waals surface area contributed by atoms with E-state index in [1.165, 1.54) is 0 Å². The maximum atomic E-state index is 8.61. The largest absolute Gasteiger partial charge is 0.394 e. The normalized spacial score (nSPS) is 11.8. The number of aliphatic hydroxyl groups is 1. The first kappa shape index (κ1) is 81.9. The Morgan fingerprint density at radius 1 is 0.120 bits per heavy atom. The summed E-state index contributed by atoms with van der Waals surface area (Å²) < 4.78 is 147. The highest BCUT2D eigenvalue weighted by Gasteiger charge is 2.01. The Morgan fingerprint density at radius 2 is 0.193 bits per heavy atom. The quantitative estimate of drug-likeness (QED) is 0.0789. The number of rotatable bonds is 80. The maximum Gasteiger partial charge on any atom is 0.0701 e. The monoisotopic (exact) mass is 1220 g/mol. The van der Waals surface area contributed by atoms with E-state index in [2.05, 4.69) is 0 Å². The molecule has 28 nitrogen and oxygen atoms in total. The van der Waals surface area contributed by atoms with E-state index in [1.807, 2.05) is 0 Å². The van der Waals surface area contributed by atoms with Crippen LogP contribution in [0.3, 0.4) is 0 Å². The van der Waals surface area contributed by atoms with Crippen molar-refractivity contribution in [1.29, 1.82) is 0 Å². The highest BCUT2D eigenvalue weighted by Crippen LogP contribution is 1.92. The van der Waals surface area contributed by atoms with Crippen LogP contribution in [0.5, 0.6) is 0 Å². The predicted molar refractivity (Wildman–Crippen MR) is 300 cm³/mol. The van der Waals surface area contributed by atoms with E-state index in [0.717, 1.165) is 0 Å². The summed E-state index contributed by atoms with van der Waals surface area (Å²) in [5, 5.41) is 8.61. The number of hydrogen-bond acceptors (Lipinski definition) is 28. The smallest absolute Gasteiger partial charge is 0.0701 e. The second kappa shape index (κ2) is 80.9. The SMILES string of the molecule is COCCOCCOCCOCCOCCOCCOCCOCCOCCOCCOCCOCCOCCOCCOCCOCCOCCOCCOCCOCCOCCOCCOCCOCCOCCOCCOCCO. The third-order valence-corrected chi connectivity index (χ3v) is 9.97. The van der Waals surface area contributed by atoms with Crippen molar-refractivity contribution in [2.75, 3.05) is 364 Å². The van der Waals surface area contributed by atoms with Crippen LogP contribution in [0.15, 0.2) is 0 Å². The average molecular weight is 1220 g/mol. The lowest BCUT2D eigenvalue weighted by Gasteiger charge is -2.09. The fraction of sp³-hybridized carbons (Fsp3) is 1.00. The molecule has 0 aliphatic rings. The van der Waals surface area contributed by atoms with E-state index in [0.29, 0.717) is 350 Å². The van der Waals surface area contributed by atoms with Crippen LogP contribution >= 0.6 is 0 Å². The molecule has 0 heterocycles. The van der Waals surface area contributed by atoms with Crippen molar-refractivity contribution < 1.29 is 133 Å². The highest BCUT2D eigenvalue weighted by atomic mass is 16.6. The van der Waals surface area contributed by atoms with Crippen LogP contribution in [0.4, 0.5) is 0 Å². The number of methoxy groups -OCH3 is 1. The molecular formula is C55H112O28. The number of aliphatic hydroxyl groups excluding tert-OH is 1. The van der Waals surface area contributed by atoms with Crippen molar-refractivity contribution in [3.63, 3.8) is 0 Å². The van der Waals surface area contributed by atoms with E-state index in [9.17, 15) is 0 Å². The third-order valence-electron chi connectivity index (χ3n) is 9.97. The van der Waals surface area contributed by atoms with E-state index in [-0.39, 0.29) is 6.61 Å². The van der Waals surface area contributed by atoms with Crippen LogP contribution < -0.4 is 0 Å². The molecule has 0 aliphatic carbocycles. The summed E-state index contributed by atoms with van der Waals surface area (Å²) in [5.74, 6) is 0. The van der Waals surface area contributed by atoms with Crippen LogP contribution in [-0.4, -0.2) is 369 Å². The maximum absolute atomic E-state index is 8.61. The molecule has 0 aromatic rings. The van der Waals surface area contributed by atoms with Crippen molar-refractivity contribution in [1.82, 2.24) is 0 Å². The van der Waals surface area contributed by atoms with Crippen LogP contribution in [0.1, 0.15) is 0 Å². The molecule has 0 rings (SSSR count). The molecule has 0 aromatic heterocycles. The summed E-state index contributed by atoms with van der Waals surface area (Å²) in [6.45, 7) is 26.1. The fourth-order valence-electron chi connectivity index (χ4n) is 5.81. The van der Waals surface area contributed by atoms with Crippen molar-refractivity contribution >= 4 is 0 Å². The summed E-state index contributed by atoms with van der Waals surface area (Å²) in [4.78, 5) is 0. The first-order chi connectivity index (χ1) is 41.4. The molecule has 0 saturated heterocycles. The Balaban J connectivity index is 3.08. The molecule has 83 heavy (non-hydrogen) atoms. The minimum Gasteiger partial charge on any atom is -0.394 e. The third kappa shape index (κ3) is 80.9. The minimum atomic E-state index is 0.0175. The van der Waals surface area contributed by atoms with Crippen molar-refractivity contribution in [3.05, 3.63) is 0 Å². The van der Waals surface area contributed by atoms with Gasteiger partial charge in [-0.25, -0.2) is 0 Å². The van der Waals surface area contributed by atoms with Crippen LogP contribution in [0.25, 0.3) is 0 Å². The van der Waals surface area contributed by atoms with Crippen LogP contribution in [0.2, 0.25) is 0 Å². The molecule has 0 unspecified atom stereocenters. The highest BCUT2D eigenvalue weighted by molar-refractivity contribution is 4.43. The second-order valence-electron chi connectivity index (χ2n) is 16.6. The molecule has 0 aliphatic heterocycles. The molecule has 500 valence electrons. The van der Waals surface area contributed by atoms with E-state index in [4.69, 9.17) is 133 Å². The lowest BCUT2D eigenvalue weighted by molar-refractivity contribution is -0.0322. The number of hydrogen-bond donors (Lipinski definition) is 1. The lowest BCUT2D eigenvalue weighted by atomic mass is 10.6. The van der Waals surface area contributed by atoms with Gasteiger partial charge in [0.15, 0.2) is 0 Å². The molecular weight excluding hydrogens is 1110 g/mol. The summed E-state index contributed by atoms with van der Waals surface area (Å²) >= 11 is 0. The molecule has 0 bridgehead atoms. The standard InChI is InChI=1S/C55H112O28/c1-57-4-5-59-8-9-61-12-13-63-16-17-65-20-21-67-24-25-69-28-29-71-32-33-73-36-37-75-40-41-77-44-45-79-48-49-81-52-53-83-55-54-82-51-50-80-47-46-78-43-42-76-39-38-74-35-34-72-31-30-70-27-26-68-23-22-66-19-18-64-15-14-62-11-10-60-7-6-58-3-2-56/h56H,2-55H2,1H3. The van der Waals surface area contributed by atoms with Crippen molar-refractivity contribution in [3.8, 4) is 0 Å². The van der Waals surface area contributed by atoms with Gasteiger partial charge in [0.2, 0.25) is 0 Å².